The van der Waals surface area contributed by atoms with E-state index in [-0.39, 0.29) is 5.69 Å². The maximum absolute atomic E-state index is 11.6. The fourth-order valence-corrected chi connectivity index (χ4v) is 3.71. The van der Waals surface area contributed by atoms with Crippen LogP contribution in [0.2, 0.25) is 5.02 Å². The first-order valence-corrected chi connectivity index (χ1v) is 9.67. The molecule has 0 spiro atoms. The van der Waals surface area contributed by atoms with Gasteiger partial charge in [-0.1, -0.05) is 22.8 Å². The number of hydrogen-bond acceptors (Lipinski definition) is 7. The number of benzene rings is 1. The lowest BCUT2D eigenvalue weighted by atomic mass is 10.0. The van der Waals surface area contributed by atoms with Crippen LogP contribution < -0.4 is 5.32 Å². The van der Waals surface area contributed by atoms with E-state index >= 15 is 0 Å². The van der Waals surface area contributed by atoms with Crippen molar-refractivity contribution in [1.82, 2.24) is 15.1 Å². The molecule has 0 radical (unpaired) electrons. The van der Waals surface area contributed by atoms with E-state index in [9.17, 15) is 10.1 Å². The number of nitro groups is 1. The van der Waals surface area contributed by atoms with Crippen molar-refractivity contribution >= 4 is 33.9 Å². The van der Waals surface area contributed by atoms with Crippen LogP contribution in [0, 0.1) is 24.0 Å². The standard InChI is InChI=1S/C21H18ClN5O3/c1-12-20(13(2)30-26-12)15-10-18-16(9-17(15)22)21(19(11-25-18)27(28)29)24-8-6-14-5-3-4-7-23-14/h3-5,7,9-11H,6,8H2,1-2H3,(H,24,25). The first-order valence-electron chi connectivity index (χ1n) is 9.29. The van der Waals surface area contributed by atoms with Gasteiger partial charge in [-0.2, -0.15) is 0 Å². The predicted octanol–water partition coefficient (Wildman–Crippen LogP) is 5.12. The van der Waals surface area contributed by atoms with Crippen LogP contribution in [0.5, 0.6) is 0 Å². The van der Waals surface area contributed by atoms with Gasteiger partial charge in [0.15, 0.2) is 0 Å². The number of pyridine rings is 2. The summed E-state index contributed by atoms with van der Waals surface area (Å²) in [6.07, 6.45) is 3.60. The van der Waals surface area contributed by atoms with Gasteiger partial charge in [0.05, 0.1) is 16.1 Å². The molecule has 0 unspecified atom stereocenters. The van der Waals surface area contributed by atoms with Gasteiger partial charge < -0.3 is 9.84 Å². The molecule has 0 bridgehead atoms. The molecule has 0 aliphatic carbocycles. The van der Waals surface area contributed by atoms with E-state index in [1.807, 2.05) is 32.0 Å². The summed E-state index contributed by atoms with van der Waals surface area (Å²) in [7, 11) is 0. The molecule has 8 nitrogen and oxygen atoms in total. The van der Waals surface area contributed by atoms with E-state index in [0.717, 1.165) is 16.8 Å². The summed E-state index contributed by atoms with van der Waals surface area (Å²) in [5.41, 5.74) is 3.99. The molecule has 4 rings (SSSR count). The predicted molar refractivity (Wildman–Crippen MR) is 115 cm³/mol. The smallest absolute Gasteiger partial charge is 0.311 e. The molecular formula is C21H18ClN5O3. The van der Waals surface area contributed by atoms with Gasteiger partial charge in [0, 0.05) is 46.4 Å². The maximum atomic E-state index is 11.6. The first-order chi connectivity index (χ1) is 14.5. The zero-order valence-corrected chi connectivity index (χ0v) is 17.1. The monoisotopic (exact) mass is 423 g/mol. The molecular weight excluding hydrogens is 406 g/mol. The molecule has 4 aromatic rings. The Morgan fingerprint density at radius 2 is 2.07 bits per heavy atom. The van der Waals surface area contributed by atoms with Crippen molar-refractivity contribution in [2.75, 3.05) is 11.9 Å². The third kappa shape index (κ3) is 3.69. The largest absolute Gasteiger partial charge is 0.378 e. The minimum atomic E-state index is -0.453. The Balaban J connectivity index is 1.76. The van der Waals surface area contributed by atoms with E-state index in [1.54, 1.807) is 18.3 Å². The van der Waals surface area contributed by atoms with Crippen molar-refractivity contribution in [3.05, 3.63) is 75.0 Å². The summed E-state index contributed by atoms with van der Waals surface area (Å²) in [5, 5.41) is 19.8. The molecule has 0 saturated carbocycles. The summed E-state index contributed by atoms with van der Waals surface area (Å²) < 4.78 is 5.25. The van der Waals surface area contributed by atoms with Gasteiger partial charge in [0.2, 0.25) is 0 Å². The topological polar surface area (TPSA) is 107 Å². The maximum Gasteiger partial charge on any atom is 0.311 e. The number of rotatable bonds is 6. The zero-order valence-electron chi connectivity index (χ0n) is 16.3. The van der Waals surface area contributed by atoms with Crippen LogP contribution in [-0.4, -0.2) is 26.6 Å². The Morgan fingerprint density at radius 1 is 1.23 bits per heavy atom. The van der Waals surface area contributed by atoms with E-state index in [4.69, 9.17) is 16.1 Å². The summed E-state index contributed by atoms with van der Waals surface area (Å²) in [6, 6.07) is 9.16. The Hall–Kier alpha value is -3.52. The normalized spacial score (nSPS) is 11.0. The van der Waals surface area contributed by atoms with Gasteiger partial charge in [-0.05, 0) is 38.1 Å². The number of anilines is 1. The highest BCUT2D eigenvalue weighted by Gasteiger charge is 2.21. The van der Waals surface area contributed by atoms with Crippen LogP contribution in [0.4, 0.5) is 11.4 Å². The molecule has 0 aliphatic heterocycles. The fourth-order valence-electron chi connectivity index (χ4n) is 3.45. The van der Waals surface area contributed by atoms with Crippen molar-refractivity contribution in [2.45, 2.75) is 20.3 Å². The molecule has 3 heterocycles. The summed E-state index contributed by atoms with van der Waals surface area (Å²) >= 11 is 6.57. The van der Waals surface area contributed by atoms with Gasteiger partial charge in [0.1, 0.15) is 17.6 Å². The zero-order chi connectivity index (χ0) is 21.3. The van der Waals surface area contributed by atoms with Crippen LogP contribution in [0.1, 0.15) is 17.1 Å². The van der Waals surface area contributed by atoms with Gasteiger partial charge in [-0.15, -0.1) is 0 Å². The molecule has 30 heavy (non-hydrogen) atoms. The third-order valence-electron chi connectivity index (χ3n) is 4.85. The van der Waals surface area contributed by atoms with E-state index in [2.05, 4.69) is 20.4 Å². The summed E-state index contributed by atoms with van der Waals surface area (Å²) in [4.78, 5) is 19.7. The second-order valence-electron chi connectivity index (χ2n) is 6.82. The molecule has 0 amide bonds. The van der Waals surface area contributed by atoms with Crippen LogP contribution in [-0.2, 0) is 6.42 Å². The number of aryl methyl sites for hydroxylation is 2. The molecule has 1 N–H and O–H groups in total. The number of halogens is 1. The SMILES string of the molecule is Cc1noc(C)c1-c1cc2ncc([N+](=O)[O-])c(NCCc3ccccn3)c2cc1Cl. The van der Waals surface area contributed by atoms with Crippen molar-refractivity contribution in [3.8, 4) is 11.1 Å². The number of nitrogens with one attached hydrogen (secondary N) is 1. The van der Waals surface area contributed by atoms with E-state index in [0.29, 0.717) is 46.0 Å². The molecule has 0 saturated heterocycles. The minimum Gasteiger partial charge on any atom is -0.378 e. The van der Waals surface area contributed by atoms with Crippen molar-refractivity contribution in [3.63, 3.8) is 0 Å². The highest BCUT2D eigenvalue weighted by Crippen LogP contribution is 2.39. The second-order valence-corrected chi connectivity index (χ2v) is 7.23. The molecule has 152 valence electrons. The van der Waals surface area contributed by atoms with Crippen molar-refractivity contribution in [1.29, 1.82) is 0 Å². The number of fused-ring (bicyclic) bond motifs is 1. The lowest BCUT2D eigenvalue weighted by molar-refractivity contribution is -0.384. The third-order valence-corrected chi connectivity index (χ3v) is 5.16. The van der Waals surface area contributed by atoms with Crippen LogP contribution >= 0.6 is 11.6 Å². The molecule has 0 aliphatic rings. The van der Waals surface area contributed by atoms with Gasteiger partial charge in [-0.25, -0.2) is 4.98 Å². The van der Waals surface area contributed by atoms with E-state index < -0.39 is 4.92 Å². The van der Waals surface area contributed by atoms with Crippen LogP contribution in [0.25, 0.3) is 22.0 Å². The molecule has 3 aromatic heterocycles. The average Bonchev–Trinajstić information content (AvgIpc) is 3.06. The average molecular weight is 424 g/mol. The lowest BCUT2D eigenvalue weighted by Crippen LogP contribution is -2.08. The molecule has 0 atom stereocenters. The second kappa shape index (κ2) is 8.08. The van der Waals surface area contributed by atoms with E-state index in [1.165, 1.54) is 6.20 Å². The fraction of sp³-hybridized carbons (Fsp3) is 0.190. The minimum absolute atomic E-state index is 0.107. The Labute approximate surface area is 177 Å². The first kappa shape index (κ1) is 19.8. The van der Waals surface area contributed by atoms with Crippen LogP contribution in [0.15, 0.2) is 47.2 Å². The Morgan fingerprint density at radius 3 is 2.73 bits per heavy atom. The van der Waals surface area contributed by atoms with Crippen molar-refractivity contribution < 1.29 is 9.45 Å². The van der Waals surface area contributed by atoms with Crippen LogP contribution in [0.3, 0.4) is 0 Å². The van der Waals surface area contributed by atoms with Gasteiger partial charge >= 0.3 is 5.69 Å². The molecule has 1 aromatic carbocycles. The quantitative estimate of drug-likeness (QED) is 0.339. The number of hydrogen-bond donors (Lipinski definition) is 1. The Kier molecular flexibility index (Phi) is 5.33. The highest BCUT2D eigenvalue weighted by atomic mass is 35.5. The summed E-state index contributed by atoms with van der Waals surface area (Å²) in [5.74, 6) is 0.643. The molecule has 9 heteroatoms. The number of nitrogens with zero attached hydrogens (tertiary/aromatic N) is 4. The Bertz CT molecular complexity index is 1220. The highest BCUT2D eigenvalue weighted by molar-refractivity contribution is 6.34. The summed E-state index contributed by atoms with van der Waals surface area (Å²) in [6.45, 7) is 4.12. The van der Waals surface area contributed by atoms with Crippen molar-refractivity contribution in [2.24, 2.45) is 0 Å². The lowest BCUT2D eigenvalue weighted by Gasteiger charge is -2.12. The number of aromatic nitrogens is 3. The molecule has 0 fully saturated rings. The van der Waals surface area contributed by atoms with Gasteiger partial charge in [-0.3, -0.25) is 15.1 Å². The van der Waals surface area contributed by atoms with Gasteiger partial charge in [0.25, 0.3) is 0 Å².